The lowest BCUT2D eigenvalue weighted by atomic mass is 10.1. The number of carbonyl (C=O) groups excluding carboxylic acids is 3. The molecule has 0 saturated carbocycles. The first-order chi connectivity index (χ1) is 13.4. The molecule has 0 bridgehead atoms. The van der Waals surface area contributed by atoms with Crippen molar-refractivity contribution in [1.82, 2.24) is 4.98 Å². The van der Waals surface area contributed by atoms with Gasteiger partial charge in [0, 0.05) is 10.7 Å². The van der Waals surface area contributed by atoms with E-state index >= 15 is 0 Å². The van der Waals surface area contributed by atoms with Gasteiger partial charge in [0.05, 0.1) is 21.8 Å². The molecule has 1 N–H and O–H groups in total. The van der Waals surface area contributed by atoms with Crippen molar-refractivity contribution >= 4 is 52.3 Å². The summed E-state index contributed by atoms with van der Waals surface area (Å²) in [7, 11) is 0. The average Bonchev–Trinajstić information content (AvgIpc) is 3.18. The zero-order valence-electron chi connectivity index (χ0n) is 14.3. The second kappa shape index (κ2) is 6.78. The van der Waals surface area contributed by atoms with E-state index in [-0.39, 0.29) is 27.5 Å². The van der Waals surface area contributed by atoms with Gasteiger partial charge in [0.2, 0.25) is 0 Å². The van der Waals surface area contributed by atoms with Crippen LogP contribution in [0.3, 0.4) is 0 Å². The molecule has 1 aliphatic rings. The number of fused-ring (bicyclic) bond motifs is 1. The molecule has 1 aliphatic heterocycles. The van der Waals surface area contributed by atoms with E-state index in [1.807, 2.05) is 0 Å². The molecular formula is C19H11Cl2N3O4. The predicted octanol–water partition coefficient (Wildman–Crippen LogP) is 4.34. The van der Waals surface area contributed by atoms with Gasteiger partial charge in [0.1, 0.15) is 5.76 Å². The Kier molecular flexibility index (Phi) is 4.41. The Hall–Kier alpha value is -3.16. The molecule has 9 heteroatoms. The van der Waals surface area contributed by atoms with Gasteiger partial charge in [-0.2, -0.15) is 0 Å². The highest BCUT2D eigenvalue weighted by Gasteiger charge is 2.37. The quantitative estimate of drug-likeness (QED) is 0.642. The first kappa shape index (κ1) is 18.2. The minimum absolute atomic E-state index is 0.121. The third-order valence-electron chi connectivity index (χ3n) is 4.25. The Morgan fingerprint density at radius 1 is 1.07 bits per heavy atom. The second-order valence-electron chi connectivity index (χ2n) is 6.01. The predicted molar refractivity (Wildman–Crippen MR) is 103 cm³/mol. The van der Waals surface area contributed by atoms with Gasteiger partial charge >= 0.3 is 0 Å². The van der Waals surface area contributed by atoms with Crippen LogP contribution in [-0.2, 0) is 0 Å². The topological polar surface area (TPSA) is 92.5 Å². The van der Waals surface area contributed by atoms with E-state index in [2.05, 4.69) is 10.3 Å². The van der Waals surface area contributed by atoms with E-state index in [4.69, 9.17) is 27.6 Å². The summed E-state index contributed by atoms with van der Waals surface area (Å²) in [5.41, 5.74) is 1.20. The third kappa shape index (κ3) is 2.94. The van der Waals surface area contributed by atoms with E-state index in [1.165, 1.54) is 36.7 Å². The number of carbonyl (C=O) groups is 3. The van der Waals surface area contributed by atoms with Crippen LogP contribution in [0.1, 0.15) is 37.0 Å². The lowest BCUT2D eigenvalue weighted by molar-refractivity contribution is 0.0924. The third-order valence-corrected chi connectivity index (χ3v) is 4.79. The van der Waals surface area contributed by atoms with Crippen molar-refractivity contribution < 1.29 is 18.8 Å². The van der Waals surface area contributed by atoms with Crippen LogP contribution < -0.4 is 10.2 Å². The number of imide groups is 1. The standard InChI is InChI=1S/C19H11Cl2N3O4/c1-9-16(22-8-28-9)17(25)23-11-3-5-15(14(21)7-11)24-18(26)12-4-2-10(20)6-13(12)19(24)27/h2-8H,1H3,(H,23,25). The van der Waals surface area contributed by atoms with Crippen molar-refractivity contribution in [3.8, 4) is 0 Å². The number of hydrogen-bond donors (Lipinski definition) is 1. The molecule has 0 fully saturated rings. The van der Waals surface area contributed by atoms with Gasteiger partial charge in [-0.3, -0.25) is 14.4 Å². The Morgan fingerprint density at radius 2 is 1.82 bits per heavy atom. The molecule has 0 spiro atoms. The number of rotatable bonds is 3. The first-order valence-corrected chi connectivity index (χ1v) is 8.81. The van der Waals surface area contributed by atoms with E-state index in [0.717, 1.165) is 4.90 Å². The molecule has 140 valence electrons. The van der Waals surface area contributed by atoms with Crippen molar-refractivity contribution in [2.45, 2.75) is 6.92 Å². The fourth-order valence-electron chi connectivity index (χ4n) is 2.91. The Bertz CT molecular complexity index is 1160. The number of aromatic nitrogens is 1. The summed E-state index contributed by atoms with van der Waals surface area (Å²) in [6.07, 6.45) is 1.18. The van der Waals surface area contributed by atoms with E-state index in [0.29, 0.717) is 16.5 Å². The molecule has 0 unspecified atom stereocenters. The van der Waals surface area contributed by atoms with E-state index in [1.54, 1.807) is 13.0 Å². The summed E-state index contributed by atoms with van der Waals surface area (Å²) in [6, 6.07) is 8.95. The minimum atomic E-state index is -0.514. The van der Waals surface area contributed by atoms with Gasteiger partial charge in [0.15, 0.2) is 12.1 Å². The largest absolute Gasteiger partial charge is 0.448 e. The molecular weight excluding hydrogens is 405 g/mol. The Labute approximate surface area is 168 Å². The van der Waals surface area contributed by atoms with Crippen molar-refractivity contribution in [2.75, 3.05) is 10.2 Å². The molecule has 2 aromatic carbocycles. The van der Waals surface area contributed by atoms with Crippen LogP contribution in [-0.4, -0.2) is 22.7 Å². The van der Waals surface area contributed by atoms with Crippen LogP contribution in [0.2, 0.25) is 10.0 Å². The number of amides is 3. The molecule has 0 aliphatic carbocycles. The van der Waals surface area contributed by atoms with E-state index < -0.39 is 17.7 Å². The molecule has 0 atom stereocenters. The molecule has 1 aromatic heterocycles. The Balaban J connectivity index is 1.62. The number of anilines is 2. The van der Waals surface area contributed by atoms with Crippen LogP contribution in [0, 0.1) is 6.92 Å². The number of hydrogen-bond acceptors (Lipinski definition) is 5. The molecule has 3 amide bonds. The summed E-state index contributed by atoms with van der Waals surface area (Å²) in [5, 5.41) is 3.12. The van der Waals surface area contributed by atoms with Crippen LogP contribution in [0.4, 0.5) is 11.4 Å². The molecule has 4 rings (SSSR count). The molecule has 0 saturated heterocycles. The molecule has 7 nitrogen and oxygen atoms in total. The molecule has 3 aromatic rings. The fraction of sp³-hybridized carbons (Fsp3) is 0.0526. The monoisotopic (exact) mass is 415 g/mol. The molecule has 2 heterocycles. The lowest BCUT2D eigenvalue weighted by Crippen LogP contribution is -2.29. The SMILES string of the molecule is Cc1ocnc1C(=O)Nc1ccc(N2C(=O)c3ccc(Cl)cc3C2=O)c(Cl)c1. The normalized spacial score (nSPS) is 13.0. The second-order valence-corrected chi connectivity index (χ2v) is 6.86. The van der Waals surface area contributed by atoms with E-state index in [9.17, 15) is 14.4 Å². The number of aryl methyl sites for hydroxylation is 1. The zero-order chi connectivity index (χ0) is 20.0. The number of nitrogens with one attached hydrogen (secondary N) is 1. The van der Waals surface area contributed by atoms with Crippen LogP contribution in [0.5, 0.6) is 0 Å². The van der Waals surface area contributed by atoms with Gasteiger partial charge in [0.25, 0.3) is 17.7 Å². The van der Waals surface area contributed by atoms with Gasteiger partial charge in [-0.15, -0.1) is 0 Å². The maximum Gasteiger partial charge on any atom is 0.277 e. The summed E-state index contributed by atoms with van der Waals surface area (Å²) < 4.78 is 5.01. The lowest BCUT2D eigenvalue weighted by Gasteiger charge is -2.16. The number of halogens is 2. The van der Waals surface area contributed by atoms with Crippen LogP contribution in [0.15, 0.2) is 47.2 Å². The number of oxazole rings is 1. The van der Waals surface area contributed by atoms with Gasteiger partial charge in [-0.1, -0.05) is 23.2 Å². The maximum atomic E-state index is 12.7. The highest BCUT2D eigenvalue weighted by Crippen LogP contribution is 2.35. The summed E-state index contributed by atoms with van der Waals surface area (Å²) in [4.78, 5) is 42.4. The van der Waals surface area contributed by atoms with Gasteiger partial charge < -0.3 is 9.73 Å². The summed E-state index contributed by atoms with van der Waals surface area (Å²) in [6.45, 7) is 1.62. The zero-order valence-corrected chi connectivity index (χ0v) is 15.8. The fourth-order valence-corrected chi connectivity index (χ4v) is 3.35. The maximum absolute atomic E-state index is 12.7. The van der Waals surface area contributed by atoms with Crippen molar-refractivity contribution in [3.05, 3.63) is 75.4 Å². The summed E-state index contributed by atoms with van der Waals surface area (Å²) >= 11 is 12.2. The number of benzene rings is 2. The molecule has 28 heavy (non-hydrogen) atoms. The smallest absolute Gasteiger partial charge is 0.277 e. The van der Waals surface area contributed by atoms with Gasteiger partial charge in [-0.05, 0) is 43.3 Å². The summed E-state index contributed by atoms with van der Waals surface area (Å²) in [5.74, 6) is -1.09. The average molecular weight is 416 g/mol. The van der Waals surface area contributed by atoms with Crippen molar-refractivity contribution in [2.24, 2.45) is 0 Å². The van der Waals surface area contributed by atoms with Crippen LogP contribution in [0.25, 0.3) is 0 Å². The highest BCUT2D eigenvalue weighted by atomic mass is 35.5. The Morgan fingerprint density at radius 3 is 2.50 bits per heavy atom. The molecule has 0 radical (unpaired) electrons. The van der Waals surface area contributed by atoms with Gasteiger partial charge in [-0.25, -0.2) is 9.88 Å². The van der Waals surface area contributed by atoms with Crippen molar-refractivity contribution in [1.29, 1.82) is 0 Å². The number of nitrogens with zero attached hydrogens (tertiary/aromatic N) is 2. The van der Waals surface area contributed by atoms with Crippen molar-refractivity contribution in [3.63, 3.8) is 0 Å². The minimum Gasteiger partial charge on any atom is -0.448 e. The highest BCUT2D eigenvalue weighted by molar-refractivity contribution is 6.40. The first-order valence-electron chi connectivity index (χ1n) is 8.06. The van der Waals surface area contributed by atoms with Crippen LogP contribution >= 0.6 is 23.2 Å².